The number of rotatable bonds is 5. The van der Waals surface area contributed by atoms with Gasteiger partial charge in [-0.3, -0.25) is 4.79 Å². The molecule has 86 valence electrons. The molecule has 0 aromatic carbocycles. The van der Waals surface area contributed by atoms with E-state index in [1.807, 2.05) is 26.8 Å². The van der Waals surface area contributed by atoms with Crippen LogP contribution in [0.5, 0.6) is 0 Å². The minimum Gasteiger partial charge on any atom is -0.341 e. The van der Waals surface area contributed by atoms with Crippen LogP contribution >= 0.6 is 0 Å². The Morgan fingerprint density at radius 1 is 1.47 bits per heavy atom. The summed E-state index contributed by atoms with van der Waals surface area (Å²) >= 11 is 0. The molecule has 0 aromatic rings. The Morgan fingerprint density at radius 3 is 2.40 bits per heavy atom. The molecular weight excluding hydrogens is 190 g/mol. The molecule has 2 N–H and O–H groups in total. The molecular formula is C11H21N3O. The number of hydrogen-bond acceptors (Lipinski definition) is 3. The summed E-state index contributed by atoms with van der Waals surface area (Å²) < 4.78 is 0. The molecule has 1 amide bonds. The first-order chi connectivity index (χ1) is 6.90. The van der Waals surface area contributed by atoms with Crippen LogP contribution in [0.2, 0.25) is 0 Å². The summed E-state index contributed by atoms with van der Waals surface area (Å²) in [6.45, 7) is 5.92. The van der Waals surface area contributed by atoms with E-state index in [9.17, 15) is 4.79 Å². The lowest BCUT2D eigenvalue weighted by molar-refractivity contribution is -0.133. The Morgan fingerprint density at radius 2 is 2.00 bits per heavy atom. The second-order valence-electron chi connectivity index (χ2n) is 4.40. The van der Waals surface area contributed by atoms with Gasteiger partial charge in [0.2, 0.25) is 5.91 Å². The highest BCUT2D eigenvalue weighted by Gasteiger charge is 2.22. The van der Waals surface area contributed by atoms with E-state index in [1.165, 1.54) is 0 Å². The van der Waals surface area contributed by atoms with Crippen molar-refractivity contribution in [1.29, 1.82) is 5.26 Å². The highest BCUT2D eigenvalue weighted by Crippen LogP contribution is 2.08. The third-order valence-corrected chi connectivity index (χ3v) is 2.44. The van der Waals surface area contributed by atoms with Crippen LogP contribution in [-0.2, 0) is 4.79 Å². The highest BCUT2D eigenvalue weighted by molar-refractivity contribution is 5.81. The van der Waals surface area contributed by atoms with Crippen molar-refractivity contribution in [2.75, 3.05) is 7.05 Å². The zero-order valence-electron chi connectivity index (χ0n) is 10.0. The van der Waals surface area contributed by atoms with Crippen LogP contribution in [0.15, 0.2) is 0 Å². The monoisotopic (exact) mass is 211 g/mol. The van der Waals surface area contributed by atoms with Gasteiger partial charge in [-0.2, -0.15) is 5.26 Å². The molecule has 0 spiro atoms. The smallest absolute Gasteiger partial charge is 0.239 e. The predicted molar refractivity (Wildman–Crippen MR) is 59.9 cm³/mol. The van der Waals surface area contributed by atoms with Crippen molar-refractivity contribution in [1.82, 2.24) is 4.90 Å². The van der Waals surface area contributed by atoms with Crippen molar-refractivity contribution in [3.63, 3.8) is 0 Å². The number of nitrogens with two attached hydrogens (primary N) is 1. The number of carbonyl (C=O) groups excluding carboxylic acids is 1. The van der Waals surface area contributed by atoms with Crippen molar-refractivity contribution < 1.29 is 4.79 Å². The summed E-state index contributed by atoms with van der Waals surface area (Å²) in [4.78, 5) is 13.4. The van der Waals surface area contributed by atoms with Gasteiger partial charge in [-0.25, -0.2) is 0 Å². The van der Waals surface area contributed by atoms with Crippen LogP contribution in [0.3, 0.4) is 0 Å². The summed E-state index contributed by atoms with van der Waals surface area (Å²) in [5, 5.41) is 8.53. The van der Waals surface area contributed by atoms with Crippen LogP contribution in [0.1, 0.15) is 33.6 Å². The number of likely N-dealkylation sites (N-methyl/N-ethyl adjacent to an activating group) is 1. The lowest BCUT2D eigenvalue weighted by Gasteiger charge is -2.26. The number of carbonyl (C=O) groups is 1. The number of amides is 1. The molecule has 2 atom stereocenters. The lowest BCUT2D eigenvalue weighted by Crippen LogP contribution is -2.46. The zero-order valence-corrected chi connectivity index (χ0v) is 10.0. The van der Waals surface area contributed by atoms with Gasteiger partial charge in [0.15, 0.2) is 0 Å². The minimum absolute atomic E-state index is 0.0688. The fourth-order valence-corrected chi connectivity index (χ4v) is 1.36. The van der Waals surface area contributed by atoms with Gasteiger partial charge in [0, 0.05) is 13.1 Å². The van der Waals surface area contributed by atoms with E-state index in [1.54, 1.807) is 11.9 Å². The summed E-state index contributed by atoms with van der Waals surface area (Å²) in [5.74, 6) is 0.329. The molecule has 0 aliphatic carbocycles. The van der Waals surface area contributed by atoms with E-state index in [0.717, 1.165) is 0 Å². The normalized spacial score (nSPS) is 14.5. The Bertz CT molecular complexity index is 245. The number of hydrogen-bond donors (Lipinski definition) is 1. The molecule has 4 nitrogen and oxygen atoms in total. The second-order valence-corrected chi connectivity index (χ2v) is 4.40. The zero-order chi connectivity index (χ0) is 12.0. The van der Waals surface area contributed by atoms with Crippen LogP contribution in [0.25, 0.3) is 0 Å². The molecule has 1 unspecified atom stereocenters. The SMILES string of the molecule is CC(C)C[C@H](N)C(=O)N(C)C(C)CC#N. The van der Waals surface area contributed by atoms with Crippen molar-refractivity contribution in [3.05, 3.63) is 0 Å². The van der Waals surface area contributed by atoms with Crippen molar-refractivity contribution in [2.24, 2.45) is 11.7 Å². The van der Waals surface area contributed by atoms with Gasteiger partial charge in [-0.1, -0.05) is 13.8 Å². The molecule has 0 saturated heterocycles. The quantitative estimate of drug-likeness (QED) is 0.740. The van der Waals surface area contributed by atoms with Crippen LogP contribution in [0, 0.1) is 17.2 Å². The first-order valence-electron chi connectivity index (χ1n) is 5.29. The average molecular weight is 211 g/mol. The molecule has 0 aromatic heterocycles. The molecule has 0 rings (SSSR count). The maximum Gasteiger partial charge on any atom is 0.239 e. The van der Waals surface area contributed by atoms with Crippen molar-refractivity contribution >= 4 is 5.91 Å². The highest BCUT2D eigenvalue weighted by atomic mass is 16.2. The van der Waals surface area contributed by atoms with Gasteiger partial charge in [0.1, 0.15) is 0 Å². The Labute approximate surface area is 92.0 Å². The van der Waals surface area contributed by atoms with Gasteiger partial charge in [0.05, 0.1) is 18.5 Å². The Hall–Kier alpha value is -1.08. The summed E-state index contributed by atoms with van der Waals surface area (Å²) in [5.41, 5.74) is 5.78. The molecule has 4 heteroatoms. The van der Waals surface area contributed by atoms with Crippen molar-refractivity contribution in [2.45, 2.75) is 45.7 Å². The maximum absolute atomic E-state index is 11.8. The third-order valence-electron chi connectivity index (χ3n) is 2.44. The predicted octanol–water partition coefficient (Wildman–Crippen LogP) is 1.12. The maximum atomic E-state index is 11.8. The number of nitriles is 1. The minimum atomic E-state index is -0.448. The molecule has 0 bridgehead atoms. The largest absolute Gasteiger partial charge is 0.341 e. The first kappa shape index (κ1) is 13.9. The van der Waals surface area contributed by atoms with E-state index in [2.05, 4.69) is 0 Å². The third kappa shape index (κ3) is 4.80. The summed E-state index contributed by atoms with van der Waals surface area (Å²) in [6, 6.07) is 1.53. The molecule has 0 heterocycles. The van der Waals surface area contributed by atoms with E-state index in [4.69, 9.17) is 11.0 Å². The van der Waals surface area contributed by atoms with Crippen LogP contribution in [0.4, 0.5) is 0 Å². The fourth-order valence-electron chi connectivity index (χ4n) is 1.36. The summed E-state index contributed by atoms with van der Waals surface area (Å²) in [7, 11) is 1.70. The summed E-state index contributed by atoms with van der Waals surface area (Å²) in [6.07, 6.45) is 1.03. The second kappa shape index (κ2) is 6.41. The Kier molecular flexibility index (Phi) is 5.95. The molecule has 0 saturated carbocycles. The first-order valence-corrected chi connectivity index (χ1v) is 5.29. The topological polar surface area (TPSA) is 70.1 Å². The Balaban J connectivity index is 4.25. The average Bonchev–Trinajstić information content (AvgIpc) is 2.14. The molecule has 0 aliphatic rings. The number of nitrogens with zero attached hydrogens (tertiary/aromatic N) is 2. The van der Waals surface area contributed by atoms with E-state index < -0.39 is 6.04 Å². The lowest BCUT2D eigenvalue weighted by atomic mass is 10.0. The molecule has 0 radical (unpaired) electrons. The van der Waals surface area contributed by atoms with Crippen LogP contribution < -0.4 is 5.73 Å². The van der Waals surface area contributed by atoms with Gasteiger partial charge >= 0.3 is 0 Å². The van der Waals surface area contributed by atoms with Gasteiger partial charge < -0.3 is 10.6 Å². The van der Waals surface area contributed by atoms with Gasteiger partial charge in [-0.15, -0.1) is 0 Å². The fraction of sp³-hybridized carbons (Fsp3) is 0.818. The van der Waals surface area contributed by atoms with E-state index in [-0.39, 0.29) is 11.9 Å². The van der Waals surface area contributed by atoms with E-state index >= 15 is 0 Å². The van der Waals surface area contributed by atoms with Crippen LogP contribution in [-0.4, -0.2) is 29.9 Å². The van der Waals surface area contributed by atoms with E-state index in [0.29, 0.717) is 18.8 Å². The molecule has 0 aliphatic heterocycles. The molecule has 15 heavy (non-hydrogen) atoms. The van der Waals surface area contributed by atoms with Gasteiger partial charge in [0.25, 0.3) is 0 Å². The standard InChI is InChI=1S/C11H21N3O/c1-8(2)7-10(13)11(15)14(4)9(3)5-6-12/h8-10H,5,7,13H2,1-4H3/t9?,10-/m0/s1. The molecule has 0 fully saturated rings. The van der Waals surface area contributed by atoms with Gasteiger partial charge in [-0.05, 0) is 19.3 Å². The van der Waals surface area contributed by atoms with Crippen molar-refractivity contribution in [3.8, 4) is 6.07 Å².